The second-order valence-corrected chi connectivity index (χ2v) is 4.81. The van der Waals surface area contributed by atoms with Crippen molar-refractivity contribution in [3.63, 3.8) is 0 Å². The summed E-state index contributed by atoms with van der Waals surface area (Å²) in [6.45, 7) is -2.74. The van der Waals surface area contributed by atoms with Crippen LogP contribution in [0.15, 0.2) is 12.1 Å². The SMILES string of the molecule is COc1cc(C(=O)NCC2CC2)c([N+](=O)[O-])cc1OC(F)F. The monoisotopic (exact) mass is 316 g/mol. The lowest BCUT2D eigenvalue weighted by molar-refractivity contribution is -0.385. The summed E-state index contributed by atoms with van der Waals surface area (Å²) >= 11 is 0. The average molecular weight is 316 g/mol. The Balaban J connectivity index is 2.33. The largest absolute Gasteiger partial charge is 0.493 e. The van der Waals surface area contributed by atoms with E-state index >= 15 is 0 Å². The molecule has 1 saturated carbocycles. The fourth-order valence-electron chi connectivity index (χ4n) is 1.88. The first kappa shape index (κ1) is 15.9. The molecule has 0 spiro atoms. The number of benzene rings is 1. The Hall–Kier alpha value is -2.45. The Bertz CT molecular complexity index is 590. The first-order chi connectivity index (χ1) is 10.4. The lowest BCUT2D eigenvalue weighted by atomic mass is 10.1. The van der Waals surface area contributed by atoms with Crippen LogP contribution >= 0.6 is 0 Å². The van der Waals surface area contributed by atoms with Crippen LogP contribution in [0.25, 0.3) is 0 Å². The number of carbonyl (C=O) groups excluding carboxylic acids is 1. The van der Waals surface area contributed by atoms with Crippen LogP contribution in [0.4, 0.5) is 14.5 Å². The van der Waals surface area contributed by atoms with Crippen molar-refractivity contribution in [2.45, 2.75) is 19.5 Å². The zero-order valence-corrected chi connectivity index (χ0v) is 11.7. The molecule has 1 aliphatic rings. The summed E-state index contributed by atoms with van der Waals surface area (Å²) in [5.41, 5.74) is -0.881. The number of methoxy groups -OCH3 is 1. The third-order valence-corrected chi connectivity index (χ3v) is 3.19. The minimum Gasteiger partial charge on any atom is -0.493 e. The molecule has 22 heavy (non-hydrogen) atoms. The maximum Gasteiger partial charge on any atom is 0.387 e. The summed E-state index contributed by atoms with van der Waals surface area (Å²) in [4.78, 5) is 22.3. The Morgan fingerprint density at radius 1 is 1.45 bits per heavy atom. The number of alkyl halides is 2. The molecule has 0 atom stereocenters. The van der Waals surface area contributed by atoms with E-state index in [4.69, 9.17) is 4.74 Å². The lowest BCUT2D eigenvalue weighted by Gasteiger charge is -2.12. The topological polar surface area (TPSA) is 90.7 Å². The number of hydrogen-bond acceptors (Lipinski definition) is 5. The zero-order chi connectivity index (χ0) is 16.3. The molecule has 1 aromatic rings. The maximum absolute atomic E-state index is 12.3. The number of hydrogen-bond donors (Lipinski definition) is 1. The van der Waals surface area contributed by atoms with Crippen LogP contribution in [0.1, 0.15) is 23.2 Å². The van der Waals surface area contributed by atoms with E-state index in [0.29, 0.717) is 12.5 Å². The van der Waals surface area contributed by atoms with Gasteiger partial charge in [-0.15, -0.1) is 0 Å². The first-order valence-corrected chi connectivity index (χ1v) is 6.51. The van der Waals surface area contributed by atoms with Crippen molar-refractivity contribution in [2.75, 3.05) is 13.7 Å². The van der Waals surface area contributed by atoms with Gasteiger partial charge in [0.2, 0.25) is 0 Å². The van der Waals surface area contributed by atoms with Gasteiger partial charge in [-0.05, 0) is 18.8 Å². The minimum atomic E-state index is -3.16. The van der Waals surface area contributed by atoms with Gasteiger partial charge in [-0.1, -0.05) is 0 Å². The van der Waals surface area contributed by atoms with Gasteiger partial charge in [-0.25, -0.2) is 0 Å². The molecular weight excluding hydrogens is 302 g/mol. The number of nitro groups is 1. The molecule has 0 bridgehead atoms. The second-order valence-electron chi connectivity index (χ2n) is 4.81. The van der Waals surface area contributed by atoms with Crippen molar-refractivity contribution in [3.8, 4) is 11.5 Å². The van der Waals surface area contributed by atoms with Crippen molar-refractivity contribution in [3.05, 3.63) is 27.8 Å². The van der Waals surface area contributed by atoms with Crippen molar-refractivity contribution in [1.82, 2.24) is 5.32 Å². The molecule has 0 aliphatic heterocycles. The molecule has 1 amide bonds. The van der Waals surface area contributed by atoms with Crippen LogP contribution in [0.5, 0.6) is 11.5 Å². The second kappa shape index (κ2) is 6.54. The fraction of sp³-hybridized carbons (Fsp3) is 0.462. The highest BCUT2D eigenvalue weighted by Crippen LogP contribution is 2.36. The van der Waals surface area contributed by atoms with E-state index in [1.165, 1.54) is 7.11 Å². The van der Waals surface area contributed by atoms with Crippen molar-refractivity contribution in [2.24, 2.45) is 5.92 Å². The Morgan fingerprint density at radius 2 is 2.14 bits per heavy atom. The Labute approximate surface area is 124 Å². The van der Waals surface area contributed by atoms with Crippen LogP contribution in [-0.2, 0) is 0 Å². The molecule has 1 fully saturated rings. The molecule has 7 nitrogen and oxygen atoms in total. The van der Waals surface area contributed by atoms with Gasteiger partial charge in [0.05, 0.1) is 18.1 Å². The fourth-order valence-corrected chi connectivity index (χ4v) is 1.88. The Kier molecular flexibility index (Phi) is 4.74. The van der Waals surface area contributed by atoms with Crippen molar-refractivity contribution >= 4 is 11.6 Å². The standard InChI is InChI=1S/C13H14F2N2O5/c1-21-10-4-8(12(18)16-6-7-2-3-7)9(17(19)20)5-11(10)22-13(14)15/h4-5,7,13H,2-3,6H2,1H3,(H,16,18). The highest BCUT2D eigenvalue weighted by atomic mass is 19.3. The van der Waals surface area contributed by atoms with Gasteiger partial charge in [0, 0.05) is 12.6 Å². The number of ether oxygens (including phenoxy) is 2. The molecule has 1 aliphatic carbocycles. The highest BCUT2D eigenvalue weighted by molar-refractivity contribution is 5.99. The van der Waals surface area contributed by atoms with Crippen molar-refractivity contribution in [1.29, 1.82) is 0 Å². The van der Waals surface area contributed by atoms with E-state index in [1.807, 2.05) is 0 Å². The summed E-state index contributed by atoms with van der Waals surface area (Å²) in [6.07, 6.45) is 2.01. The third kappa shape index (κ3) is 3.80. The average Bonchev–Trinajstić information content (AvgIpc) is 3.27. The molecule has 2 rings (SSSR count). The van der Waals surface area contributed by atoms with E-state index < -0.39 is 28.9 Å². The molecular formula is C13H14F2N2O5. The summed E-state index contributed by atoms with van der Waals surface area (Å²) in [7, 11) is 1.19. The molecule has 0 aromatic heterocycles. The van der Waals surface area contributed by atoms with Gasteiger partial charge in [0.25, 0.3) is 11.6 Å². The molecule has 0 radical (unpaired) electrons. The van der Waals surface area contributed by atoms with Crippen LogP contribution in [0.2, 0.25) is 0 Å². The molecule has 120 valence electrons. The lowest BCUT2D eigenvalue weighted by Crippen LogP contribution is -2.26. The maximum atomic E-state index is 12.3. The van der Waals surface area contributed by atoms with Crippen LogP contribution < -0.4 is 14.8 Å². The van der Waals surface area contributed by atoms with Crippen molar-refractivity contribution < 1.29 is 28.0 Å². The van der Waals surface area contributed by atoms with Crippen LogP contribution in [0, 0.1) is 16.0 Å². The number of nitrogens with one attached hydrogen (secondary N) is 1. The van der Waals surface area contributed by atoms with E-state index in [2.05, 4.69) is 10.1 Å². The molecule has 1 N–H and O–H groups in total. The molecule has 0 saturated heterocycles. The summed E-state index contributed by atoms with van der Waals surface area (Å²) in [5, 5.41) is 13.6. The number of carbonyl (C=O) groups is 1. The highest BCUT2D eigenvalue weighted by Gasteiger charge is 2.27. The quantitative estimate of drug-likeness (QED) is 0.616. The van der Waals surface area contributed by atoms with Crippen LogP contribution in [-0.4, -0.2) is 31.1 Å². The molecule has 0 unspecified atom stereocenters. The normalized spacial score (nSPS) is 13.8. The van der Waals surface area contributed by atoms with Gasteiger partial charge in [-0.3, -0.25) is 14.9 Å². The predicted octanol–water partition coefficient (Wildman–Crippen LogP) is 2.34. The van der Waals surface area contributed by atoms with Gasteiger partial charge in [0.1, 0.15) is 5.56 Å². The number of amides is 1. The smallest absolute Gasteiger partial charge is 0.387 e. The van der Waals surface area contributed by atoms with E-state index in [-0.39, 0.29) is 11.3 Å². The van der Waals surface area contributed by atoms with Gasteiger partial charge >= 0.3 is 6.61 Å². The minimum absolute atomic E-state index is 0.178. The van der Waals surface area contributed by atoms with E-state index in [0.717, 1.165) is 25.0 Å². The summed E-state index contributed by atoms with van der Waals surface area (Å²) < 4.78 is 33.7. The van der Waals surface area contributed by atoms with Crippen LogP contribution in [0.3, 0.4) is 0 Å². The number of halogens is 2. The number of nitrogens with zero attached hydrogens (tertiary/aromatic N) is 1. The molecule has 9 heteroatoms. The van der Waals surface area contributed by atoms with Gasteiger partial charge in [0.15, 0.2) is 11.5 Å². The van der Waals surface area contributed by atoms with E-state index in [9.17, 15) is 23.7 Å². The van der Waals surface area contributed by atoms with Gasteiger partial charge in [-0.2, -0.15) is 8.78 Å². The molecule has 0 heterocycles. The third-order valence-electron chi connectivity index (χ3n) is 3.19. The number of rotatable bonds is 7. The predicted molar refractivity (Wildman–Crippen MR) is 71.3 cm³/mol. The van der Waals surface area contributed by atoms with Gasteiger partial charge < -0.3 is 14.8 Å². The first-order valence-electron chi connectivity index (χ1n) is 6.51. The summed E-state index contributed by atoms with van der Waals surface area (Å²) in [6, 6.07) is 1.79. The summed E-state index contributed by atoms with van der Waals surface area (Å²) in [5.74, 6) is -0.933. The Morgan fingerprint density at radius 3 is 2.64 bits per heavy atom. The zero-order valence-electron chi connectivity index (χ0n) is 11.7. The number of nitro benzene ring substituents is 1. The molecule has 1 aromatic carbocycles. The van der Waals surface area contributed by atoms with E-state index in [1.54, 1.807) is 0 Å².